The first-order valence-corrected chi connectivity index (χ1v) is 7.03. The molecule has 1 unspecified atom stereocenters. The van der Waals surface area contributed by atoms with Crippen LogP contribution in [0.25, 0.3) is 0 Å². The van der Waals surface area contributed by atoms with Crippen LogP contribution in [-0.2, 0) is 6.54 Å². The summed E-state index contributed by atoms with van der Waals surface area (Å²) in [6, 6.07) is 7.28. The Labute approximate surface area is 135 Å². The molecule has 0 spiro atoms. The van der Waals surface area contributed by atoms with Crippen LogP contribution < -0.4 is 5.32 Å². The minimum Gasteiger partial charge on any atom is -0.387 e. The fraction of sp³-hybridized carbons (Fsp3) is 0.200. The Hall–Kier alpha value is -2.09. The fourth-order valence-electron chi connectivity index (χ4n) is 2.08. The van der Waals surface area contributed by atoms with E-state index in [1.165, 1.54) is 24.3 Å². The number of aliphatic hydroxyl groups excluding tert-OH is 1. The minimum absolute atomic E-state index is 0.105. The van der Waals surface area contributed by atoms with Crippen molar-refractivity contribution >= 4 is 17.3 Å². The van der Waals surface area contributed by atoms with Crippen LogP contribution in [0.2, 0.25) is 5.02 Å². The number of hydrogen-bond acceptors (Lipinski definition) is 4. The molecule has 2 aromatic carbocycles. The topological polar surface area (TPSA) is 75.4 Å². The van der Waals surface area contributed by atoms with Gasteiger partial charge < -0.3 is 10.4 Å². The number of halogens is 3. The van der Waals surface area contributed by atoms with Gasteiger partial charge in [-0.2, -0.15) is 0 Å². The van der Waals surface area contributed by atoms with Crippen LogP contribution in [0.1, 0.15) is 17.2 Å². The van der Waals surface area contributed by atoms with E-state index in [0.717, 1.165) is 12.1 Å². The lowest BCUT2D eigenvalue weighted by Crippen LogP contribution is -2.22. The summed E-state index contributed by atoms with van der Waals surface area (Å²) in [7, 11) is 0. The second-order valence-electron chi connectivity index (χ2n) is 4.81. The van der Waals surface area contributed by atoms with E-state index in [2.05, 4.69) is 5.32 Å². The van der Waals surface area contributed by atoms with Crippen LogP contribution in [-0.4, -0.2) is 16.6 Å². The number of nitrogens with zero attached hydrogens (tertiary/aromatic N) is 1. The third-order valence-electron chi connectivity index (χ3n) is 3.23. The molecule has 0 radical (unpaired) electrons. The van der Waals surface area contributed by atoms with Crippen molar-refractivity contribution in [2.75, 3.05) is 6.54 Å². The van der Waals surface area contributed by atoms with E-state index in [1.807, 2.05) is 0 Å². The van der Waals surface area contributed by atoms with E-state index in [-0.39, 0.29) is 18.8 Å². The van der Waals surface area contributed by atoms with Crippen molar-refractivity contribution in [2.45, 2.75) is 12.6 Å². The third-order valence-corrected chi connectivity index (χ3v) is 3.59. The summed E-state index contributed by atoms with van der Waals surface area (Å²) in [6.07, 6.45) is -1.39. The molecule has 2 aromatic rings. The van der Waals surface area contributed by atoms with Crippen molar-refractivity contribution in [3.8, 4) is 0 Å². The first kappa shape index (κ1) is 17.3. The van der Waals surface area contributed by atoms with Gasteiger partial charge in [0, 0.05) is 30.2 Å². The number of nitro benzene ring substituents is 1. The first-order chi connectivity index (χ1) is 10.9. The number of aliphatic hydroxyl groups is 1. The molecule has 0 aliphatic carbocycles. The number of non-ortho nitro benzene ring substituents is 1. The Balaban J connectivity index is 2.02. The molecule has 8 heteroatoms. The Kier molecular flexibility index (Phi) is 5.59. The summed E-state index contributed by atoms with van der Waals surface area (Å²) in [5, 5.41) is 23.7. The highest BCUT2D eigenvalue weighted by Crippen LogP contribution is 2.23. The number of rotatable bonds is 6. The molecule has 2 rings (SSSR count). The van der Waals surface area contributed by atoms with Gasteiger partial charge >= 0.3 is 0 Å². The van der Waals surface area contributed by atoms with Crippen LogP contribution in [0.4, 0.5) is 14.5 Å². The Morgan fingerprint density at radius 2 is 1.91 bits per heavy atom. The quantitative estimate of drug-likeness (QED) is 0.623. The van der Waals surface area contributed by atoms with Crippen molar-refractivity contribution in [3.05, 3.63) is 74.3 Å². The van der Waals surface area contributed by atoms with Crippen LogP contribution in [0.15, 0.2) is 36.4 Å². The second-order valence-corrected chi connectivity index (χ2v) is 5.22. The molecule has 0 aliphatic rings. The van der Waals surface area contributed by atoms with Gasteiger partial charge in [-0.25, -0.2) is 8.78 Å². The van der Waals surface area contributed by atoms with Crippen molar-refractivity contribution in [1.29, 1.82) is 0 Å². The average Bonchev–Trinajstić information content (AvgIpc) is 2.48. The zero-order chi connectivity index (χ0) is 17.0. The molecule has 23 heavy (non-hydrogen) atoms. The van der Waals surface area contributed by atoms with Gasteiger partial charge in [0.05, 0.1) is 16.6 Å². The molecule has 0 aliphatic heterocycles. The minimum atomic E-state index is -1.39. The largest absolute Gasteiger partial charge is 0.387 e. The molecule has 0 saturated carbocycles. The summed E-state index contributed by atoms with van der Waals surface area (Å²) < 4.78 is 27.1. The molecule has 2 N–H and O–H groups in total. The van der Waals surface area contributed by atoms with Gasteiger partial charge in [-0.3, -0.25) is 10.1 Å². The maximum Gasteiger partial charge on any atom is 0.269 e. The SMILES string of the molecule is O=[N+]([O-])c1ccc(Cl)c(CNCC(O)c2c(F)cccc2F)c1. The summed E-state index contributed by atoms with van der Waals surface area (Å²) >= 11 is 5.94. The average molecular weight is 343 g/mol. The predicted molar refractivity (Wildman–Crippen MR) is 81.1 cm³/mol. The molecule has 0 heterocycles. The van der Waals surface area contributed by atoms with E-state index in [9.17, 15) is 24.0 Å². The molecule has 0 aromatic heterocycles. The molecule has 0 fully saturated rings. The second kappa shape index (κ2) is 7.45. The molecular formula is C15H13ClF2N2O3. The van der Waals surface area contributed by atoms with Crippen molar-refractivity contribution in [2.24, 2.45) is 0 Å². The molecular weight excluding hydrogens is 330 g/mol. The molecule has 122 valence electrons. The normalized spacial score (nSPS) is 12.2. The van der Waals surface area contributed by atoms with Crippen molar-refractivity contribution < 1.29 is 18.8 Å². The summed E-state index contributed by atoms with van der Waals surface area (Å²) in [4.78, 5) is 10.2. The van der Waals surface area contributed by atoms with E-state index in [4.69, 9.17) is 11.6 Å². The Bertz CT molecular complexity index is 708. The van der Waals surface area contributed by atoms with Gasteiger partial charge in [-0.15, -0.1) is 0 Å². The predicted octanol–water partition coefficient (Wildman–Crippen LogP) is 3.35. The molecule has 0 bridgehead atoms. The lowest BCUT2D eigenvalue weighted by molar-refractivity contribution is -0.384. The van der Waals surface area contributed by atoms with Gasteiger partial charge in [-0.05, 0) is 23.8 Å². The van der Waals surface area contributed by atoms with Crippen molar-refractivity contribution in [3.63, 3.8) is 0 Å². The Morgan fingerprint density at radius 3 is 2.52 bits per heavy atom. The van der Waals surface area contributed by atoms with E-state index >= 15 is 0 Å². The van der Waals surface area contributed by atoms with Crippen LogP contribution in [0.3, 0.4) is 0 Å². The smallest absolute Gasteiger partial charge is 0.269 e. The number of nitro groups is 1. The monoisotopic (exact) mass is 342 g/mol. The zero-order valence-electron chi connectivity index (χ0n) is 11.8. The molecule has 5 nitrogen and oxygen atoms in total. The van der Waals surface area contributed by atoms with Crippen LogP contribution in [0.5, 0.6) is 0 Å². The third kappa shape index (κ3) is 4.22. The van der Waals surface area contributed by atoms with Crippen LogP contribution in [0, 0.1) is 21.7 Å². The number of benzene rings is 2. The highest BCUT2D eigenvalue weighted by molar-refractivity contribution is 6.31. The summed E-state index contributed by atoms with van der Waals surface area (Å²) in [6.45, 7) is -0.0372. The zero-order valence-corrected chi connectivity index (χ0v) is 12.6. The lowest BCUT2D eigenvalue weighted by Gasteiger charge is -2.14. The Morgan fingerprint density at radius 1 is 1.26 bits per heavy atom. The highest BCUT2D eigenvalue weighted by atomic mass is 35.5. The summed E-state index contributed by atoms with van der Waals surface area (Å²) in [5.41, 5.74) is -0.0980. The molecule has 0 amide bonds. The van der Waals surface area contributed by atoms with E-state index in [1.54, 1.807) is 0 Å². The maximum atomic E-state index is 13.5. The van der Waals surface area contributed by atoms with Gasteiger partial charge in [0.25, 0.3) is 5.69 Å². The first-order valence-electron chi connectivity index (χ1n) is 6.65. The van der Waals surface area contributed by atoms with Crippen LogP contribution >= 0.6 is 11.6 Å². The molecule has 0 saturated heterocycles. The van der Waals surface area contributed by atoms with Gasteiger partial charge in [0.2, 0.25) is 0 Å². The highest BCUT2D eigenvalue weighted by Gasteiger charge is 2.17. The van der Waals surface area contributed by atoms with Gasteiger partial charge in [0.15, 0.2) is 0 Å². The number of hydrogen-bond donors (Lipinski definition) is 2. The van der Waals surface area contributed by atoms with E-state index in [0.29, 0.717) is 10.6 Å². The molecule has 1 atom stereocenters. The van der Waals surface area contributed by atoms with Crippen molar-refractivity contribution in [1.82, 2.24) is 5.32 Å². The van der Waals surface area contributed by atoms with Gasteiger partial charge in [0.1, 0.15) is 11.6 Å². The van der Waals surface area contributed by atoms with E-state index < -0.39 is 28.2 Å². The number of nitrogens with one attached hydrogen (secondary N) is 1. The van der Waals surface area contributed by atoms with Gasteiger partial charge in [-0.1, -0.05) is 17.7 Å². The maximum absolute atomic E-state index is 13.5. The lowest BCUT2D eigenvalue weighted by atomic mass is 10.1. The standard InChI is InChI=1S/C15H13ClF2N2O3/c16-11-5-4-10(20(22)23)6-9(11)7-19-8-14(21)15-12(17)2-1-3-13(15)18/h1-6,14,19,21H,7-8H2. The summed E-state index contributed by atoms with van der Waals surface area (Å²) in [5.74, 6) is -1.68. The fourth-order valence-corrected chi connectivity index (χ4v) is 2.27.